The Bertz CT molecular complexity index is 675. The lowest BCUT2D eigenvalue weighted by Gasteiger charge is -2.46. The molecule has 2 heterocycles. The Balaban J connectivity index is 0.000000167. The van der Waals surface area contributed by atoms with Gasteiger partial charge in [-0.3, -0.25) is 0 Å². The van der Waals surface area contributed by atoms with Crippen LogP contribution in [-0.4, -0.2) is 41.8 Å². The third-order valence-corrected chi connectivity index (χ3v) is 6.57. The summed E-state index contributed by atoms with van der Waals surface area (Å²) in [5, 5.41) is 8.99. The van der Waals surface area contributed by atoms with Crippen LogP contribution in [0.3, 0.4) is 0 Å². The van der Waals surface area contributed by atoms with Crippen LogP contribution >= 0.6 is 0 Å². The van der Waals surface area contributed by atoms with Crippen LogP contribution in [0.4, 0.5) is 0 Å². The molecular weight excluding hydrogens is 334 g/mol. The standard InChI is InChI=1S/C15H23NO2.C9H10/c17-12-11-16-9-7-15(8-10-16)6-5-13-3-1-2-4-14(13)18-15;1-2-5-9-7-3-6-8(9)4-1/h3-4,17H,1-2,5-12H2;1-2,4-5H,3,6-7H2. The molecule has 2 fully saturated rings. The van der Waals surface area contributed by atoms with Crippen LogP contribution < -0.4 is 0 Å². The lowest BCUT2D eigenvalue weighted by atomic mass is 9.81. The monoisotopic (exact) mass is 367 g/mol. The molecule has 0 saturated carbocycles. The van der Waals surface area contributed by atoms with Crippen molar-refractivity contribution < 1.29 is 9.84 Å². The van der Waals surface area contributed by atoms with Gasteiger partial charge in [0.25, 0.3) is 0 Å². The minimum absolute atomic E-state index is 0.0898. The van der Waals surface area contributed by atoms with E-state index in [2.05, 4.69) is 41.3 Å². The Hall–Kier alpha value is -1.58. The highest BCUT2D eigenvalue weighted by molar-refractivity contribution is 5.32. The van der Waals surface area contributed by atoms with Crippen LogP contribution in [-0.2, 0) is 17.6 Å². The number of aryl methyl sites for hydroxylation is 2. The normalized spacial score (nSPS) is 23.3. The van der Waals surface area contributed by atoms with E-state index in [1.165, 1.54) is 49.9 Å². The molecule has 2 aliphatic carbocycles. The van der Waals surface area contributed by atoms with Crippen molar-refractivity contribution in [2.75, 3.05) is 26.2 Å². The molecule has 0 atom stereocenters. The zero-order chi connectivity index (χ0) is 18.5. The molecule has 1 aromatic rings. The molecule has 3 heteroatoms. The molecule has 1 spiro atoms. The molecule has 0 aromatic heterocycles. The van der Waals surface area contributed by atoms with E-state index in [-0.39, 0.29) is 12.2 Å². The number of ether oxygens (including phenoxy) is 1. The van der Waals surface area contributed by atoms with E-state index < -0.39 is 0 Å². The first kappa shape index (κ1) is 18.8. The third kappa shape index (κ3) is 4.47. The minimum atomic E-state index is 0.0898. The first-order chi connectivity index (χ1) is 13.3. The largest absolute Gasteiger partial charge is 0.487 e. The van der Waals surface area contributed by atoms with Gasteiger partial charge >= 0.3 is 0 Å². The number of likely N-dealkylation sites (tertiary alicyclic amines) is 1. The molecule has 0 radical (unpaired) electrons. The number of hydrogen-bond donors (Lipinski definition) is 1. The van der Waals surface area contributed by atoms with Crippen molar-refractivity contribution in [3.05, 3.63) is 58.9 Å². The van der Waals surface area contributed by atoms with Crippen molar-refractivity contribution >= 4 is 0 Å². The third-order valence-electron chi connectivity index (χ3n) is 6.57. The van der Waals surface area contributed by atoms with Gasteiger partial charge in [0.1, 0.15) is 11.4 Å². The molecule has 3 nitrogen and oxygen atoms in total. The van der Waals surface area contributed by atoms with E-state index in [4.69, 9.17) is 9.84 Å². The Kier molecular flexibility index (Phi) is 5.99. The van der Waals surface area contributed by atoms with Gasteiger partial charge in [-0.05, 0) is 80.6 Å². The fourth-order valence-electron chi connectivity index (χ4n) is 4.88. The van der Waals surface area contributed by atoms with Gasteiger partial charge in [0.2, 0.25) is 0 Å². The van der Waals surface area contributed by atoms with Gasteiger partial charge in [-0.2, -0.15) is 0 Å². The maximum absolute atomic E-state index is 8.99. The van der Waals surface area contributed by atoms with E-state index in [0.717, 1.165) is 38.9 Å². The number of nitrogens with zero attached hydrogens (tertiary/aromatic N) is 1. The topological polar surface area (TPSA) is 32.7 Å². The number of fused-ring (bicyclic) bond motifs is 2. The van der Waals surface area contributed by atoms with Crippen molar-refractivity contribution in [1.82, 2.24) is 4.90 Å². The second-order valence-corrected chi connectivity index (χ2v) is 8.35. The molecule has 1 N–H and O–H groups in total. The average molecular weight is 368 g/mol. The van der Waals surface area contributed by atoms with Crippen LogP contribution in [0.5, 0.6) is 0 Å². The van der Waals surface area contributed by atoms with Gasteiger partial charge in [0.05, 0.1) is 6.61 Å². The maximum atomic E-state index is 8.99. The number of benzene rings is 1. The van der Waals surface area contributed by atoms with E-state index in [1.807, 2.05) is 0 Å². The summed E-state index contributed by atoms with van der Waals surface area (Å²) < 4.78 is 6.35. The van der Waals surface area contributed by atoms with Crippen LogP contribution in [0.25, 0.3) is 0 Å². The van der Waals surface area contributed by atoms with E-state index in [0.29, 0.717) is 0 Å². The minimum Gasteiger partial charge on any atom is -0.487 e. The van der Waals surface area contributed by atoms with E-state index >= 15 is 0 Å². The Labute approximate surface area is 163 Å². The van der Waals surface area contributed by atoms with Crippen molar-refractivity contribution in [3.8, 4) is 0 Å². The molecule has 0 unspecified atom stereocenters. The lowest BCUT2D eigenvalue weighted by molar-refractivity contribution is -0.0644. The highest BCUT2D eigenvalue weighted by atomic mass is 16.5. The van der Waals surface area contributed by atoms with Crippen LogP contribution in [0.15, 0.2) is 47.7 Å². The summed E-state index contributed by atoms with van der Waals surface area (Å²) in [5.41, 5.74) is 4.66. The second kappa shape index (κ2) is 8.62. The van der Waals surface area contributed by atoms with Gasteiger partial charge < -0.3 is 14.7 Å². The smallest absolute Gasteiger partial charge is 0.119 e. The maximum Gasteiger partial charge on any atom is 0.119 e. The molecule has 27 heavy (non-hydrogen) atoms. The van der Waals surface area contributed by atoms with Gasteiger partial charge in [-0.1, -0.05) is 30.3 Å². The highest BCUT2D eigenvalue weighted by Crippen LogP contribution is 2.42. The highest BCUT2D eigenvalue weighted by Gasteiger charge is 2.40. The van der Waals surface area contributed by atoms with E-state index in [1.54, 1.807) is 11.1 Å². The predicted molar refractivity (Wildman–Crippen MR) is 110 cm³/mol. The average Bonchev–Trinajstić information content (AvgIpc) is 3.19. The first-order valence-electron chi connectivity index (χ1n) is 10.8. The molecule has 0 amide bonds. The lowest BCUT2D eigenvalue weighted by Crippen LogP contribution is -2.48. The number of β-amino-alcohol motifs (C(OH)–C–C–N with tert-alkyl or cyclic N) is 1. The molecule has 2 aliphatic heterocycles. The first-order valence-corrected chi connectivity index (χ1v) is 10.8. The summed E-state index contributed by atoms with van der Waals surface area (Å²) in [6.07, 6.45) is 15.5. The molecule has 4 aliphatic rings. The molecule has 5 rings (SSSR count). The van der Waals surface area contributed by atoms with Crippen LogP contribution in [0.1, 0.15) is 56.1 Å². The van der Waals surface area contributed by atoms with Gasteiger partial charge in [-0.15, -0.1) is 0 Å². The SMILES string of the molecule is OCCN1CCC2(CCC3=CCCC=C3O2)CC1.c1ccc2c(c1)CCC2. The Morgan fingerprint density at radius 1 is 0.926 bits per heavy atom. The number of aliphatic hydroxyl groups excluding tert-OH is 1. The summed E-state index contributed by atoms with van der Waals surface area (Å²) in [6.45, 7) is 3.20. The zero-order valence-electron chi connectivity index (χ0n) is 16.5. The summed E-state index contributed by atoms with van der Waals surface area (Å²) in [4.78, 5) is 2.34. The molecule has 1 aromatic carbocycles. The van der Waals surface area contributed by atoms with Crippen molar-refractivity contribution in [2.24, 2.45) is 0 Å². The summed E-state index contributed by atoms with van der Waals surface area (Å²) >= 11 is 0. The van der Waals surface area contributed by atoms with Gasteiger partial charge in [0, 0.05) is 19.6 Å². The van der Waals surface area contributed by atoms with Crippen molar-refractivity contribution in [2.45, 2.75) is 63.4 Å². The fraction of sp³-hybridized carbons (Fsp3) is 0.583. The zero-order valence-corrected chi connectivity index (χ0v) is 16.5. The van der Waals surface area contributed by atoms with Gasteiger partial charge in [0.15, 0.2) is 0 Å². The van der Waals surface area contributed by atoms with Crippen LogP contribution in [0.2, 0.25) is 0 Å². The molecule has 2 saturated heterocycles. The fourth-order valence-corrected chi connectivity index (χ4v) is 4.88. The number of allylic oxidation sites excluding steroid dienone is 3. The quantitative estimate of drug-likeness (QED) is 0.841. The number of rotatable bonds is 2. The molecule has 146 valence electrons. The summed E-state index contributed by atoms with van der Waals surface area (Å²) in [5.74, 6) is 1.17. The summed E-state index contributed by atoms with van der Waals surface area (Å²) in [6, 6.07) is 8.74. The predicted octanol–water partition coefficient (Wildman–Crippen LogP) is 4.40. The van der Waals surface area contributed by atoms with E-state index in [9.17, 15) is 0 Å². The number of hydrogen-bond acceptors (Lipinski definition) is 3. The Morgan fingerprint density at radius 2 is 1.63 bits per heavy atom. The molecular formula is C24H33NO2. The van der Waals surface area contributed by atoms with Gasteiger partial charge in [-0.25, -0.2) is 0 Å². The Morgan fingerprint density at radius 3 is 2.33 bits per heavy atom. The second-order valence-electron chi connectivity index (χ2n) is 8.35. The van der Waals surface area contributed by atoms with Crippen LogP contribution in [0, 0.1) is 0 Å². The molecule has 0 bridgehead atoms. The summed E-state index contributed by atoms with van der Waals surface area (Å²) in [7, 11) is 0. The number of aliphatic hydroxyl groups is 1. The number of piperidine rings is 1. The van der Waals surface area contributed by atoms with Crippen molar-refractivity contribution in [3.63, 3.8) is 0 Å². The van der Waals surface area contributed by atoms with Crippen molar-refractivity contribution in [1.29, 1.82) is 0 Å².